The van der Waals surface area contributed by atoms with Crippen LogP contribution >= 0.6 is 15.9 Å². The number of hydrogen-bond donors (Lipinski definition) is 1. The van der Waals surface area contributed by atoms with Crippen LogP contribution in [0.2, 0.25) is 0 Å². The summed E-state index contributed by atoms with van der Waals surface area (Å²) >= 11 is 3.54. The summed E-state index contributed by atoms with van der Waals surface area (Å²) in [5.41, 5.74) is 1.83. The summed E-state index contributed by atoms with van der Waals surface area (Å²) in [6.07, 6.45) is 3.86. The van der Waals surface area contributed by atoms with Crippen LogP contribution in [-0.2, 0) is 0 Å². The van der Waals surface area contributed by atoms with Crippen molar-refractivity contribution in [2.24, 2.45) is 0 Å². The fourth-order valence-corrected chi connectivity index (χ4v) is 3.08. The predicted octanol–water partition coefficient (Wildman–Crippen LogP) is 2.90. The number of hydrogen-bond acceptors (Lipinski definition) is 3. The normalized spacial score (nSPS) is 19.3. The zero-order valence-corrected chi connectivity index (χ0v) is 12.2. The molecule has 4 heteroatoms. The van der Waals surface area contributed by atoms with E-state index in [4.69, 9.17) is 5.26 Å². The van der Waals surface area contributed by atoms with Crippen molar-refractivity contribution in [3.8, 4) is 6.07 Å². The second-order valence-electron chi connectivity index (χ2n) is 4.81. The van der Waals surface area contributed by atoms with Crippen LogP contribution in [0.4, 0.5) is 5.69 Å². The third-order valence-corrected chi connectivity index (χ3v) is 4.03. The first-order valence-electron chi connectivity index (χ1n) is 6.35. The van der Waals surface area contributed by atoms with E-state index in [-0.39, 0.29) is 0 Å². The van der Waals surface area contributed by atoms with Gasteiger partial charge >= 0.3 is 0 Å². The van der Waals surface area contributed by atoms with E-state index in [1.54, 1.807) is 0 Å². The van der Waals surface area contributed by atoms with Crippen molar-refractivity contribution in [2.75, 3.05) is 25.0 Å². The molecular weight excluding hydrogens is 290 g/mol. The monoisotopic (exact) mass is 307 g/mol. The molecule has 1 unspecified atom stereocenters. The number of piperidine rings is 1. The van der Waals surface area contributed by atoms with E-state index in [9.17, 15) is 0 Å². The smallest absolute Gasteiger partial charge is 0.0992 e. The zero-order valence-electron chi connectivity index (χ0n) is 10.6. The quantitative estimate of drug-likeness (QED) is 0.933. The maximum atomic E-state index is 8.86. The average Bonchev–Trinajstić information content (AvgIpc) is 2.39. The molecule has 18 heavy (non-hydrogen) atoms. The van der Waals surface area contributed by atoms with Gasteiger partial charge in [-0.15, -0.1) is 0 Å². The minimum absolute atomic E-state index is 0.575. The number of nitriles is 1. The molecule has 1 fully saturated rings. The summed E-state index contributed by atoms with van der Waals surface area (Å²) in [4.78, 5) is 2.24. The molecule has 1 saturated heterocycles. The van der Waals surface area contributed by atoms with Crippen LogP contribution in [-0.4, -0.2) is 26.2 Å². The Morgan fingerprint density at radius 2 is 2.33 bits per heavy atom. The third-order valence-electron chi connectivity index (χ3n) is 3.39. The maximum Gasteiger partial charge on any atom is 0.0992 e. The lowest BCUT2D eigenvalue weighted by atomic mass is 10.0. The van der Waals surface area contributed by atoms with Gasteiger partial charge in [-0.25, -0.2) is 0 Å². The topological polar surface area (TPSA) is 39.1 Å². The van der Waals surface area contributed by atoms with E-state index in [0.29, 0.717) is 11.6 Å². The summed E-state index contributed by atoms with van der Waals surface area (Å²) in [6.45, 7) is 2.14. The van der Waals surface area contributed by atoms with Crippen LogP contribution in [0.1, 0.15) is 24.8 Å². The summed E-state index contributed by atoms with van der Waals surface area (Å²) in [7, 11) is 2.10. The molecule has 1 heterocycles. The van der Waals surface area contributed by atoms with Gasteiger partial charge in [0.25, 0.3) is 0 Å². The molecule has 1 aliphatic heterocycles. The summed E-state index contributed by atoms with van der Waals surface area (Å²) in [5, 5.41) is 12.4. The molecule has 1 atom stereocenters. The standard InChI is InChI=1S/C14H18BrN3/c1-18(10-12-4-2-3-7-17-12)14-6-5-11(9-16)8-13(14)15/h5-6,8,12,17H,2-4,7,10H2,1H3. The van der Waals surface area contributed by atoms with Crippen molar-refractivity contribution in [3.05, 3.63) is 28.2 Å². The van der Waals surface area contributed by atoms with Gasteiger partial charge in [-0.2, -0.15) is 5.26 Å². The maximum absolute atomic E-state index is 8.86. The van der Waals surface area contributed by atoms with Gasteiger partial charge in [-0.3, -0.25) is 0 Å². The minimum Gasteiger partial charge on any atom is -0.372 e. The molecule has 1 N–H and O–H groups in total. The van der Waals surface area contributed by atoms with Crippen LogP contribution in [0, 0.1) is 11.3 Å². The predicted molar refractivity (Wildman–Crippen MR) is 77.8 cm³/mol. The number of rotatable bonds is 3. The van der Waals surface area contributed by atoms with Crippen molar-refractivity contribution in [3.63, 3.8) is 0 Å². The molecule has 96 valence electrons. The molecule has 0 spiro atoms. The summed E-state index contributed by atoms with van der Waals surface area (Å²) in [5.74, 6) is 0. The number of benzene rings is 1. The molecular formula is C14H18BrN3. The Morgan fingerprint density at radius 3 is 2.94 bits per heavy atom. The fourth-order valence-electron chi connectivity index (χ4n) is 2.39. The first kappa shape index (κ1) is 13.4. The van der Waals surface area contributed by atoms with Crippen molar-refractivity contribution < 1.29 is 0 Å². The lowest BCUT2D eigenvalue weighted by Crippen LogP contribution is -2.42. The third kappa shape index (κ3) is 3.24. The first-order valence-corrected chi connectivity index (χ1v) is 7.14. The van der Waals surface area contributed by atoms with Crippen LogP contribution < -0.4 is 10.2 Å². The Balaban J connectivity index is 2.04. The highest BCUT2D eigenvalue weighted by atomic mass is 79.9. The van der Waals surface area contributed by atoms with Crippen LogP contribution in [0.3, 0.4) is 0 Å². The molecule has 0 aromatic heterocycles. The molecule has 0 aliphatic carbocycles. The minimum atomic E-state index is 0.575. The summed E-state index contributed by atoms with van der Waals surface area (Å²) < 4.78 is 0.986. The van der Waals surface area contributed by atoms with E-state index in [0.717, 1.165) is 23.2 Å². The van der Waals surface area contributed by atoms with Crippen LogP contribution in [0.5, 0.6) is 0 Å². The van der Waals surface area contributed by atoms with Crippen molar-refractivity contribution in [2.45, 2.75) is 25.3 Å². The Kier molecular flexibility index (Phi) is 4.62. The lowest BCUT2D eigenvalue weighted by molar-refractivity contribution is 0.403. The van der Waals surface area contributed by atoms with Gasteiger partial charge < -0.3 is 10.2 Å². The number of halogens is 1. The van der Waals surface area contributed by atoms with Crippen LogP contribution in [0.25, 0.3) is 0 Å². The molecule has 1 aromatic carbocycles. The zero-order chi connectivity index (χ0) is 13.0. The molecule has 0 radical (unpaired) electrons. The Bertz CT molecular complexity index is 447. The molecule has 1 aliphatic rings. The molecule has 0 bridgehead atoms. The SMILES string of the molecule is CN(CC1CCCCN1)c1ccc(C#N)cc1Br. The molecule has 2 rings (SSSR count). The van der Waals surface area contributed by atoms with Crippen molar-refractivity contribution in [1.29, 1.82) is 5.26 Å². The van der Waals surface area contributed by atoms with Gasteiger partial charge in [0, 0.05) is 24.1 Å². The number of nitrogens with zero attached hydrogens (tertiary/aromatic N) is 2. The van der Waals surface area contributed by atoms with Gasteiger partial charge in [0.1, 0.15) is 0 Å². The second-order valence-corrected chi connectivity index (χ2v) is 5.66. The second kappa shape index (κ2) is 6.21. The van der Waals surface area contributed by atoms with E-state index >= 15 is 0 Å². The lowest BCUT2D eigenvalue weighted by Gasteiger charge is -2.30. The molecule has 1 aromatic rings. The van der Waals surface area contributed by atoms with Crippen molar-refractivity contribution >= 4 is 21.6 Å². The van der Waals surface area contributed by atoms with Gasteiger partial charge in [0.05, 0.1) is 17.3 Å². The van der Waals surface area contributed by atoms with Crippen LogP contribution in [0.15, 0.2) is 22.7 Å². The number of nitrogens with one attached hydrogen (secondary N) is 1. The first-order chi connectivity index (χ1) is 8.70. The Labute approximate surface area is 117 Å². The van der Waals surface area contributed by atoms with E-state index in [1.807, 2.05) is 18.2 Å². The highest BCUT2D eigenvalue weighted by molar-refractivity contribution is 9.10. The number of anilines is 1. The van der Waals surface area contributed by atoms with E-state index in [1.165, 1.54) is 19.3 Å². The Hall–Kier alpha value is -1.05. The van der Waals surface area contributed by atoms with E-state index < -0.39 is 0 Å². The fraction of sp³-hybridized carbons (Fsp3) is 0.500. The average molecular weight is 308 g/mol. The van der Waals surface area contributed by atoms with E-state index in [2.05, 4.69) is 39.3 Å². The summed E-state index contributed by atoms with van der Waals surface area (Å²) in [6, 6.07) is 8.48. The van der Waals surface area contributed by atoms with Gasteiger partial charge in [0.2, 0.25) is 0 Å². The highest BCUT2D eigenvalue weighted by Gasteiger charge is 2.16. The van der Waals surface area contributed by atoms with Gasteiger partial charge in [-0.05, 0) is 53.5 Å². The van der Waals surface area contributed by atoms with Crippen molar-refractivity contribution in [1.82, 2.24) is 5.32 Å². The largest absolute Gasteiger partial charge is 0.372 e. The molecule has 0 saturated carbocycles. The van der Waals surface area contributed by atoms with Gasteiger partial charge in [0.15, 0.2) is 0 Å². The van der Waals surface area contributed by atoms with Gasteiger partial charge in [-0.1, -0.05) is 6.42 Å². The molecule has 0 amide bonds. The number of likely N-dealkylation sites (N-methyl/N-ethyl adjacent to an activating group) is 1. The highest BCUT2D eigenvalue weighted by Crippen LogP contribution is 2.27. The molecule has 3 nitrogen and oxygen atoms in total. The Morgan fingerprint density at radius 1 is 1.50 bits per heavy atom.